The molecule has 2 N–H and O–H groups in total. The summed E-state index contributed by atoms with van der Waals surface area (Å²) in [6, 6.07) is -0.428. The van der Waals surface area contributed by atoms with Crippen LogP contribution in [0.4, 0.5) is 0 Å². The molecule has 2 rings (SSSR count). The third-order valence-corrected chi connectivity index (χ3v) is 5.41. The molecule has 0 saturated carbocycles. The average Bonchev–Trinajstić information content (AvgIpc) is 3.20. The van der Waals surface area contributed by atoms with Crippen LogP contribution in [0.25, 0.3) is 0 Å². The monoisotopic (exact) mass is 366 g/mol. The molecule has 1 aliphatic heterocycles. The van der Waals surface area contributed by atoms with Crippen LogP contribution < -0.4 is 10.6 Å². The van der Waals surface area contributed by atoms with E-state index in [1.807, 2.05) is 5.38 Å². The van der Waals surface area contributed by atoms with Gasteiger partial charge in [-0.05, 0) is 12.8 Å². The molecular formula is C17H26N4O3S. The smallest absolute Gasteiger partial charge is 0.242 e. The molecular weight excluding hydrogens is 340 g/mol. The van der Waals surface area contributed by atoms with Gasteiger partial charge in [-0.2, -0.15) is 0 Å². The number of nitrogens with one attached hydrogen (secondary N) is 2. The lowest BCUT2D eigenvalue weighted by atomic mass is 9.98. The molecule has 138 valence electrons. The van der Waals surface area contributed by atoms with E-state index >= 15 is 0 Å². The maximum Gasteiger partial charge on any atom is 0.242 e. The normalized spacial score (nSPS) is 17.4. The molecule has 3 amide bonds. The van der Waals surface area contributed by atoms with Gasteiger partial charge in [0.1, 0.15) is 6.04 Å². The van der Waals surface area contributed by atoms with Gasteiger partial charge in [0, 0.05) is 24.4 Å². The first-order chi connectivity index (χ1) is 11.7. The first kappa shape index (κ1) is 19.4. The summed E-state index contributed by atoms with van der Waals surface area (Å²) in [7, 11) is 1.56. The van der Waals surface area contributed by atoms with E-state index in [1.165, 1.54) is 11.3 Å². The first-order valence-electron chi connectivity index (χ1n) is 8.45. The molecule has 7 nitrogen and oxygen atoms in total. The number of carbonyl (C=O) groups excluding carboxylic acids is 3. The lowest BCUT2D eigenvalue weighted by Gasteiger charge is -2.23. The number of aromatic nitrogens is 1. The molecule has 8 heteroatoms. The molecule has 1 atom stereocenters. The zero-order valence-electron chi connectivity index (χ0n) is 15.2. The van der Waals surface area contributed by atoms with E-state index in [4.69, 9.17) is 0 Å². The molecule has 25 heavy (non-hydrogen) atoms. The Kier molecular flexibility index (Phi) is 6.16. The summed E-state index contributed by atoms with van der Waals surface area (Å²) in [6.07, 6.45) is 1.61. The van der Waals surface area contributed by atoms with Crippen molar-refractivity contribution in [2.45, 2.75) is 51.5 Å². The number of thiazole rings is 1. The Morgan fingerprint density at radius 1 is 1.36 bits per heavy atom. The summed E-state index contributed by atoms with van der Waals surface area (Å²) in [6.45, 7) is 6.68. The third kappa shape index (κ3) is 5.01. The number of likely N-dealkylation sites (N-methyl/N-ethyl adjacent to an activating group) is 1. The van der Waals surface area contributed by atoms with Crippen LogP contribution in [0.3, 0.4) is 0 Å². The van der Waals surface area contributed by atoms with Crippen LogP contribution in [0, 0.1) is 0 Å². The Balaban J connectivity index is 1.84. The molecule has 1 unspecified atom stereocenters. The largest absolute Gasteiger partial charge is 0.357 e. The van der Waals surface area contributed by atoms with Gasteiger partial charge in [-0.1, -0.05) is 20.8 Å². The number of hydrogen-bond donors (Lipinski definition) is 2. The molecule has 1 aromatic rings. The van der Waals surface area contributed by atoms with Crippen molar-refractivity contribution < 1.29 is 14.4 Å². The summed E-state index contributed by atoms with van der Waals surface area (Å²) in [4.78, 5) is 42.2. The average molecular weight is 366 g/mol. The number of carbonyl (C=O) groups is 3. The van der Waals surface area contributed by atoms with E-state index in [2.05, 4.69) is 36.4 Å². The number of amides is 3. The zero-order valence-corrected chi connectivity index (χ0v) is 16.0. The first-order valence-corrected chi connectivity index (χ1v) is 9.33. The van der Waals surface area contributed by atoms with Gasteiger partial charge in [-0.15, -0.1) is 11.3 Å². The van der Waals surface area contributed by atoms with Crippen LogP contribution in [-0.2, 0) is 26.2 Å². The van der Waals surface area contributed by atoms with Crippen molar-refractivity contribution in [1.29, 1.82) is 0 Å². The van der Waals surface area contributed by atoms with Crippen LogP contribution >= 0.6 is 11.3 Å². The maximum atomic E-state index is 12.3. The fourth-order valence-corrected chi connectivity index (χ4v) is 3.65. The second-order valence-electron chi connectivity index (χ2n) is 7.21. The van der Waals surface area contributed by atoms with Gasteiger partial charge < -0.3 is 15.5 Å². The fraction of sp³-hybridized carbons (Fsp3) is 0.647. The molecule has 0 aliphatic carbocycles. The van der Waals surface area contributed by atoms with Crippen molar-refractivity contribution in [2.75, 3.05) is 20.1 Å². The topological polar surface area (TPSA) is 91.4 Å². The summed E-state index contributed by atoms with van der Waals surface area (Å²) in [5.41, 5.74) is 0.671. The minimum atomic E-state index is -0.428. The van der Waals surface area contributed by atoms with Crippen molar-refractivity contribution in [3.05, 3.63) is 16.1 Å². The Hall–Kier alpha value is -1.96. The van der Waals surface area contributed by atoms with Crippen molar-refractivity contribution >= 4 is 29.1 Å². The highest BCUT2D eigenvalue weighted by atomic mass is 32.1. The van der Waals surface area contributed by atoms with Gasteiger partial charge >= 0.3 is 0 Å². The van der Waals surface area contributed by atoms with E-state index in [1.54, 1.807) is 11.9 Å². The molecule has 1 fully saturated rings. The number of hydrogen-bond acceptors (Lipinski definition) is 5. The standard InChI is InChI=1S/C17H26N4O3S/c1-17(2,3)16-20-11(10-25-16)8-13(22)19-9-14(23)21-7-5-6-12(21)15(24)18-4/h10,12H,5-9H2,1-4H3,(H,18,24)(H,19,22). The predicted octanol–water partition coefficient (Wildman–Crippen LogP) is 0.836. The lowest BCUT2D eigenvalue weighted by molar-refractivity contribution is -0.138. The van der Waals surface area contributed by atoms with E-state index < -0.39 is 6.04 Å². The third-order valence-electron chi connectivity index (χ3n) is 4.09. The van der Waals surface area contributed by atoms with Crippen molar-refractivity contribution in [3.8, 4) is 0 Å². The maximum absolute atomic E-state index is 12.3. The Morgan fingerprint density at radius 3 is 2.68 bits per heavy atom. The molecule has 1 aromatic heterocycles. The van der Waals surface area contributed by atoms with E-state index in [0.717, 1.165) is 11.4 Å². The van der Waals surface area contributed by atoms with E-state index in [9.17, 15) is 14.4 Å². The highest BCUT2D eigenvalue weighted by Gasteiger charge is 2.33. The molecule has 0 spiro atoms. The van der Waals surface area contributed by atoms with Gasteiger partial charge in [0.25, 0.3) is 0 Å². The van der Waals surface area contributed by atoms with Gasteiger partial charge in [-0.3, -0.25) is 14.4 Å². The van der Waals surface area contributed by atoms with Gasteiger partial charge in [-0.25, -0.2) is 4.98 Å². The second-order valence-corrected chi connectivity index (χ2v) is 8.07. The zero-order chi connectivity index (χ0) is 18.6. The van der Waals surface area contributed by atoms with Crippen molar-refractivity contribution in [3.63, 3.8) is 0 Å². The number of nitrogens with zero attached hydrogens (tertiary/aromatic N) is 2. The minimum Gasteiger partial charge on any atom is -0.357 e. The fourth-order valence-electron chi connectivity index (χ4n) is 2.74. The summed E-state index contributed by atoms with van der Waals surface area (Å²) >= 11 is 1.54. The van der Waals surface area contributed by atoms with E-state index in [-0.39, 0.29) is 36.1 Å². The van der Waals surface area contributed by atoms with Crippen LogP contribution in [-0.4, -0.2) is 53.8 Å². The Morgan fingerprint density at radius 2 is 2.08 bits per heavy atom. The molecule has 2 heterocycles. The molecule has 1 aliphatic rings. The van der Waals surface area contributed by atoms with Crippen LogP contribution in [0.15, 0.2) is 5.38 Å². The van der Waals surface area contributed by atoms with Gasteiger partial charge in [0.15, 0.2) is 0 Å². The number of likely N-dealkylation sites (tertiary alicyclic amines) is 1. The summed E-state index contributed by atoms with van der Waals surface area (Å²) in [5.74, 6) is -0.628. The van der Waals surface area contributed by atoms with Crippen molar-refractivity contribution in [1.82, 2.24) is 20.5 Å². The van der Waals surface area contributed by atoms with Gasteiger partial charge in [0.2, 0.25) is 17.7 Å². The molecule has 0 bridgehead atoms. The summed E-state index contributed by atoms with van der Waals surface area (Å²) < 4.78 is 0. The van der Waals surface area contributed by atoms with Crippen LogP contribution in [0.1, 0.15) is 44.3 Å². The molecule has 0 aromatic carbocycles. The Bertz CT molecular complexity index is 651. The van der Waals surface area contributed by atoms with E-state index in [0.29, 0.717) is 18.7 Å². The predicted molar refractivity (Wildman–Crippen MR) is 96.3 cm³/mol. The Labute approximate surface area is 152 Å². The quantitative estimate of drug-likeness (QED) is 0.808. The summed E-state index contributed by atoms with van der Waals surface area (Å²) in [5, 5.41) is 8.07. The molecule has 0 radical (unpaired) electrons. The highest BCUT2D eigenvalue weighted by Crippen LogP contribution is 2.25. The highest BCUT2D eigenvalue weighted by molar-refractivity contribution is 7.09. The number of rotatable bonds is 5. The van der Waals surface area contributed by atoms with Crippen molar-refractivity contribution in [2.24, 2.45) is 0 Å². The van der Waals surface area contributed by atoms with Crippen LogP contribution in [0.2, 0.25) is 0 Å². The minimum absolute atomic E-state index is 0.0417. The second kappa shape index (κ2) is 7.95. The van der Waals surface area contributed by atoms with Crippen LogP contribution in [0.5, 0.6) is 0 Å². The van der Waals surface area contributed by atoms with Gasteiger partial charge in [0.05, 0.1) is 23.7 Å². The molecule has 1 saturated heterocycles. The lowest BCUT2D eigenvalue weighted by Crippen LogP contribution is -2.48. The SMILES string of the molecule is CNC(=O)C1CCCN1C(=O)CNC(=O)Cc1csc(C(C)(C)C)n1.